The highest BCUT2D eigenvalue weighted by Gasteiger charge is 2.19. The summed E-state index contributed by atoms with van der Waals surface area (Å²) in [5.41, 5.74) is 8.42. The van der Waals surface area contributed by atoms with Gasteiger partial charge in [0.1, 0.15) is 11.6 Å². The number of rotatable bonds is 7. The van der Waals surface area contributed by atoms with E-state index in [1.165, 1.54) is 6.20 Å². The molecule has 1 aromatic carbocycles. The molecule has 2 heterocycles. The first-order valence-corrected chi connectivity index (χ1v) is 9.82. The van der Waals surface area contributed by atoms with Crippen LogP contribution in [0, 0.1) is 0 Å². The summed E-state index contributed by atoms with van der Waals surface area (Å²) < 4.78 is 0. The molecule has 3 rings (SSSR count). The summed E-state index contributed by atoms with van der Waals surface area (Å²) in [5, 5.41) is 11.0. The fraction of sp³-hybridized carbons (Fsp3) is 0.316. The number of anilines is 1. The average molecular weight is 420 g/mol. The Hall–Kier alpha value is -2.35. The summed E-state index contributed by atoms with van der Waals surface area (Å²) in [5.74, 6) is 2.03. The zero-order valence-electron chi connectivity index (χ0n) is 15.6. The second-order valence-electron chi connectivity index (χ2n) is 6.16. The molecular formula is C19H23Cl2N7. The molecular weight excluding hydrogens is 397 g/mol. The fourth-order valence-corrected chi connectivity index (χ4v) is 3.43. The van der Waals surface area contributed by atoms with Gasteiger partial charge in [0.2, 0.25) is 0 Å². The van der Waals surface area contributed by atoms with Gasteiger partial charge < -0.3 is 21.7 Å². The number of benzene rings is 1. The van der Waals surface area contributed by atoms with Gasteiger partial charge in [-0.05, 0) is 25.1 Å². The first-order chi connectivity index (χ1) is 13.6. The van der Waals surface area contributed by atoms with Gasteiger partial charge in [0.15, 0.2) is 5.82 Å². The summed E-state index contributed by atoms with van der Waals surface area (Å²) in [4.78, 5) is 13.6. The van der Waals surface area contributed by atoms with Crippen LogP contribution in [0.15, 0.2) is 35.2 Å². The largest absolute Gasteiger partial charge is 0.402 e. The molecule has 0 unspecified atom stereocenters. The van der Waals surface area contributed by atoms with Crippen molar-refractivity contribution in [1.82, 2.24) is 20.6 Å². The highest BCUT2D eigenvalue weighted by molar-refractivity contribution is 6.36. The van der Waals surface area contributed by atoms with Crippen molar-refractivity contribution in [3.8, 4) is 11.4 Å². The average Bonchev–Trinajstić information content (AvgIpc) is 2.70. The van der Waals surface area contributed by atoms with Crippen LogP contribution in [0.1, 0.15) is 18.2 Å². The lowest BCUT2D eigenvalue weighted by Crippen LogP contribution is -2.28. The lowest BCUT2D eigenvalue weighted by molar-refractivity contribution is 0.627. The van der Waals surface area contributed by atoms with Gasteiger partial charge in [-0.2, -0.15) is 0 Å². The number of nitrogens with two attached hydrogens (primary N) is 1. The number of nitrogens with one attached hydrogen (secondary N) is 3. The van der Waals surface area contributed by atoms with Crippen LogP contribution in [0.3, 0.4) is 0 Å². The third-order valence-electron chi connectivity index (χ3n) is 4.25. The van der Waals surface area contributed by atoms with Crippen LogP contribution in [-0.4, -0.2) is 35.8 Å². The number of nitrogens with zero attached hydrogens (tertiary/aromatic N) is 3. The lowest BCUT2D eigenvalue weighted by Gasteiger charge is -2.21. The molecule has 0 saturated heterocycles. The molecule has 0 saturated carbocycles. The van der Waals surface area contributed by atoms with Crippen LogP contribution in [0.2, 0.25) is 10.0 Å². The van der Waals surface area contributed by atoms with Crippen molar-refractivity contribution in [2.75, 3.05) is 25.0 Å². The van der Waals surface area contributed by atoms with Crippen molar-refractivity contribution >= 4 is 35.2 Å². The van der Waals surface area contributed by atoms with E-state index in [0.29, 0.717) is 34.8 Å². The summed E-state index contributed by atoms with van der Waals surface area (Å²) in [6.45, 7) is 4.75. The molecule has 0 radical (unpaired) electrons. The summed E-state index contributed by atoms with van der Waals surface area (Å²) >= 11 is 12.4. The predicted molar refractivity (Wildman–Crippen MR) is 116 cm³/mol. The van der Waals surface area contributed by atoms with Crippen molar-refractivity contribution in [2.24, 2.45) is 10.7 Å². The van der Waals surface area contributed by atoms with Crippen molar-refractivity contribution in [1.29, 1.82) is 0 Å². The molecule has 0 atom stereocenters. The number of halogens is 2. The van der Waals surface area contributed by atoms with Gasteiger partial charge in [-0.15, -0.1) is 0 Å². The molecule has 1 aliphatic heterocycles. The zero-order valence-corrected chi connectivity index (χ0v) is 17.1. The maximum Gasteiger partial charge on any atom is 0.163 e. The van der Waals surface area contributed by atoms with Gasteiger partial charge in [-0.1, -0.05) is 23.2 Å². The van der Waals surface area contributed by atoms with Crippen LogP contribution >= 0.6 is 23.2 Å². The normalized spacial score (nSPS) is 14.2. The van der Waals surface area contributed by atoms with E-state index in [9.17, 15) is 0 Å². The van der Waals surface area contributed by atoms with E-state index >= 15 is 0 Å². The SMILES string of the molecule is CC=N/C(=C\N)NCCNc1nc(-c2ccc(Cl)cc2Cl)nc2c1CNCC2. The molecule has 28 heavy (non-hydrogen) atoms. The molecule has 0 bridgehead atoms. The fourth-order valence-electron chi connectivity index (χ4n) is 2.94. The smallest absolute Gasteiger partial charge is 0.163 e. The van der Waals surface area contributed by atoms with Gasteiger partial charge in [-0.25, -0.2) is 15.0 Å². The second kappa shape index (κ2) is 9.73. The van der Waals surface area contributed by atoms with E-state index in [1.54, 1.807) is 18.3 Å². The lowest BCUT2D eigenvalue weighted by atomic mass is 10.1. The van der Waals surface area contributed by atoms with Crippen LogP contribution in [-0.2, 0) is 13.0 Å². The molecule has 9 heteroatoms. The first kappa shape index (κ1) is 20.4. The Bertz CT molecular complexity index is 896. The van der Waals surface area contributed by atoms with Crippen LogP contribution in [0.25, 0.3) is 11.4 Å². The summed E-state index contributed by atoms with van der Waals surface area (Å²) in [6, 6.07) is 5.34. The first-order valence-electron chi connectivity index (χ1n) is 9.06. The molecule has 5 N–H and O–H groups in total. The molecule has 0 amide bonds. The molecule has 0 spiro atoms. The predicted octanol–water partition coefficient (Wildman–Crippen LogP) is 2.95. The maximum absolute atomic E-state index is 6.37. The van der Waals surface area contributed by atoms with E-state index in [-0.39, 0.29) is 0 Å². The Labute approximate surface area is 174 Å². The topological polar surface area (TPSA) is 100 Å². The zero-order chi connectivity index (χ0) is 19.9. The number of hydrogen-bond donors (Lipinski definition) is 4. The Morgan fingerprint density at radius 2 is 2.18 bits per heavy atom. The number of hydrogen-bond acceptors (Lipinski definition) is 7. The van der Waals surface area contributed by atoms with Crippen molar-refractivity contribution < 1.29 is 0 Å². The van der Waals surface area contributed by atoms with E-state index in [4.69, 9.17) is 38.9 Å². The Morgan fingerprint density at radius 1 is 1.32 bits per heavy atom. The van der Waals surface area contributed by atoms with E-state index in [2.05, 4.69) is 20.9 Å². The molecule has 1 aliphatic rings. The molecule has 0 fully saturated rings. The number of aromatic nitrogens is 2. The van der Waals surface area contributed by atoms with E-state index < -0.39 is 0 Å². The van der Waals surface area contributed by atoms with Gasteiger partial charge in [0.05, 0.1) is 10.7 Å². The second-order valence-corrected chi connectivity index (χ2v) is 7.01. The van der Waals surface area contributed by atoms with Crippen molar-refractivity contribution in [2.45, 2.75) is 19.9 Å². The minimum Gasteiger partial charge on any atom is -0.402 e. The Balaban J connectivity index is 1.81. The molecule has 1 aromatic heterocycles. The minimum absolute atomic E-state index is 0.532. The van der Waals surface area contributed by atoms with Crippen molar-refractivity contribution in [3.05, 3.63) is 51.5 Å². The highest BCUT2D eigenvalue weighted by Crippen LogP contribution is 2.31. The molecule has 7 nitrogen and oxygen atoms in total. The van der Waals surface area contributed by atoms with E-state index in [0.717, 1.165) is 42.1 Å². The van der Waals surface area contributed by atoms with Gasteiger partial charge >= 0.3 is 0 Å². The van der Waals surface area contributed by atoms with Crippen LogP contribution in [0.4, 0.5) is 5.82 Å². The molecule has 0 aliphatic carbocycles. The highest BCUT2D eigenvalue weighted by atomic mass is 35.5. The molecule has 148 valence electrons. The summed E-state index contributed by atoms with van der Waals surface area (Å²) in [7, 11) is 0. The monoisotopic (exact) mass is 419 g/mol. The number of aliphatic imine (C=N–C) groups is 1. The third-order valence-corrected chi connectivity index (χ3v) is 4.80. The third kappa shape index (κ3) is 4.92. The van der Waals surface area contributed by atoms with Crippen LogP contribution < -0.4 is 21.7 Å². The standard InChI is InChI=1S/C19H23Cl2N7/c1-2-24-17(10-22)25-7-8-26-18-14-11-23-6-5-16(14)27-19(28-18)13-4-3-12(20)9-15(13)21/h2-4,9-10,23,25H,5-8,11,22H2,1H3,(H,26,27,28)/b17-10+,24-2?. The molecule has 2 aromatic rings. The Kier molecular flexibility index (Phi) is 7.08. The van der Waals surface area contributed by atoms with E-state index in [1.807, 2.05) is 13.0 Å². The van der Waals surface area contributed by atoms with Crippen LogP contribution in [0.5, 0.6) is 0 Å². The van der Waals surface area contributed by atoms with Gasteiger partial charge in [0, 0.05) is 61.2 Å². The quantitative estimate of drug-likeness (QED) is 0.406. The minimum atomic E-state index is 0.532. The summed E-state index contributed by atoms with van der Waals surface area (Å²) in [6.07, 6.45) is 3.97. The number of fused-ring (bicyclic) bond motifs is 1. The van der Waals surface area contributed by atoms with Gasteiger partial charge in [0.25, 0.3) is 0 Å². The Morgan fingerprint density at radius 3 is 2.93 bits per heavy atom. The maximum atomic E-state index is 6.37. The van der Waals surface area contributed by atoms with Gasteiger partial charge in [-0.3, -0.25) is 0 Å². The van der Waals surface area contributed by atoms with Crippen molar-refractivity contribution in [3.63, 3.8) is 0 Å².